The number of rotatable bonds is 10. The number of thiocarbonyl (C=S) groups is 1. The number of fused-ring (bicyclic) bond motifs is 1. The number of amides is 7. The summed E-state index contributed by atoms with van der Waals surface area (Å²) in [6.07, 6.45) is -2.86. The van der Waals surface area contributed by atoms with Gasteiger partial charge in [-0.15, -0.1) is 0 Å². The average molecular weight is 877 g/mol. The van der Waals surface area contributed by atoms with E-state index >= 15 is 4.39 Å². The Hall–Kier alpha value is -6.82. The number of hydrogen-bond donors (Lipinski definition) is 1. The molecule has 21 heteroatoms. The van der Waals surface area contributed by atoms with Gasteiger partial charge in [-0.05, 0) is 81.7 Å². The monoisotopic (exact) mass is 876 g/mol. The molecule has 5 heterocycles. The summed E-state index contributed by atoms with van der Waals surface area (Å²) in [7, 11) is 0. The average Bonchev–Trinajstić information content (AvgIpc) is 3.59. The van der Waals surface area contributed by atoms with Gasteiger partial charge in [0.2, 0.25) is 17.7 Å². The highest BCUT2D eigenvalue weighted by Gasteiger charge is 2.52. The molecule has 7 amide bonds. The fourth-order valence-electron chi connectivity index (χ4n) is 7.86. The van der Waals surface area contributed by atoms with Crippen LogP contribution < -0.4 is 19.9 Å². The Kier molecular flexibility index (Phi) is 11.6. The SMILES string of the molecule is CC1(C)C(=O)N(c2ccc(C#N)c(C(F)(F)F)c2F)C(=S)N1c1ccc(CCCC(=O)N2CCN(C(=O)COc3cccc4c3C(=O)N(C3CCC(=O)NC3=O)C4=O)CC2)nc1. The number of nitriles is 1. The molecule has 1 unspecified atom stereocenters. The van der Waals surface area contributed by atoms with Crippen molar-refractivity contribution in [1.29, 1.82) is 5.26 Å². The van der Waals surface area contributed by atoms with Crippen LogP contribution in [0, 0.1) is 17.1 Å². The van der Waals surface area contributed by atoms with E-state index in [-0.39, 0.29) is 73.3 Å². The van der Waals surface area contributed by atoms with Crippen LogP contribution in [0.2, 0.25) is 0 Å². The number of halogens is 4. The van der Waals surface area contributed by atoms with Crippen LogP contribution in [-0.2, 0) is 36.6 Å². The summed E-state index contributed by atoms with van der Waals surface area (Å²) in [5, 5.41) is 11.0. The lowest BCUT2D eigenvalue weighted by Gasteiger charge is -2.34. The lowest BCUT2D eigenvalue weighted by Crippen LogP contribution is -2.54. The first-order valence-corrected chi connectivity index (χ1v) is 19.7. The molecule has 3 saturated heterocycles. The van der Waals surface area contributed by atoms with Crippen LogP contribution in [0.3, 0.4) is 0 Å². The van der Waals surface area contributed by atoms with Crippen LogP contribution in [0.1, 0.15) is 77.1 Å². The Balaban J connectivity index is 0.891. The number of imide groups is 2. The molecule has 0 saturated carbocycles. The third kappa shape index (κ3) is 7.81. The van der Waals surface area contributed by atoms with Gasteiger partial charge in [-0.1, -0.05) is 6.07 Å². The van der Waals surface area contributed by atoms with Gasteiger partial charge in [0.25, 0.3) is 23.6 Å². The molecule has 16 nitrogen and oxygen atoms in total. The number of carbonyl (C=O) groups excluding carboxylic acids is 7. The zero-order valence-corrected chi connectivity index (χ0v) is 33.9. The van der Waals surface area contributed by atoms with Crippen LogP contribution in [0.25, 0.3) is 0 Å². The number of nitrogens with zero attached hydrogens (tertiary/aromatic N) is 7. The Labute approximate surface area is 356 Å². The highest BCUT2D eigenvalue weighted by molar-refractivity contribution is 7.81. The molecule has 4 aliphatic heterocycles. The summed E-state index contributed by atoms with van der Waals surface area (Å²) >= 11 is 5.49. The first-order valence-electron chi connectivity index (χ1n) is 19.3. The highest BCUT2D eigenvalue weighted by atomic mass is 32.1. The van der Waals surface area contributed by atoms with Crippen molar-refractivity contribution in [3.05, 3.63) is 82.4 Å². The van der Waals surface area contributed by atoms with Crippen molar-refractivity contribution >= 4 is 70.1 Å². The molecule has 7 rings (SSSR count). The third-order valence-corrected chi connectivity index (χ3v) is 11.5. The smallest absolute Gasteiger partial charge is 0.420 e. The Morgan fingerprint density at radius 1 is 0.984 bits per heavy atom. The van der Waals surface area contributed by atoms with E-state index in [1.807, 2.05) is 0 Å². The minimum Gasteiger partial charge on any atom is -0.483 e. The van der Waals surface area contributed by atoms with Crippen molar-refractivity contribution in [2.24, 2.45) is 0 Å². The van der Waals surface area contributed by atoms with Gasteiger partial charge in [0, 0.05) is 44.7 Å². The van der Waals surface area contributed by atoms with E-state index in [0.29, 0.717) is 29.1 Å². The van der Waals surface area contributed by atoms with Gasteiger partial charge in [0.1, 0.15) is 22.9 Å². The number of piperazine rings is 1. The topological polar surface area (TPSA) is 194 Å². The molecule has 62 heavy (non-hydrogen) atoms. The Morgan fingerprint density at radius 2 is 1.68 bits per heavy atom. The lowest BCUT2D eigenvalue weighted by molar-refractivity contribution is -0.140. The molecular weight excluding hydrogens is 841 g/mol. The van der Waals surface area contributed by atoms with Gasteiger partial charge in [-0.25, -0.2) is 4.39 Å². The minimum absolute atomic E-state index is 0.00521. The summed E-state index contributed by atoms with van der Waals surface area (Å²) in [4.78, 5) is 101. The number of aromatic nitrogens is 1. The first-order chi connectivity index (χ1) is 29.3. The fourth-order valence-corrected chi connectivity index (χ4v) is 8.38. The van der Waals surface area contributed by atoms with Crippen molar-refractivity contribution < 1.29 is 55.9 Å². The molecule has 0 radical (unpaired) electrons. The van der Waals surface area contributed by atoms with E-state index < -0.39 is 82.4 Å². The maximum Gasteiger partial charge on any atom is 0.420 e. The predicted octanol–water partition coefficient (Wildman–Crippen LogP) is 3.50. The van der Waals surface area contributed by atoms with Gasteiger partial charge in [-0.3, -0.25) is 53.7 Å². The van der Waals surface area contributed by atoms with Crippen LogP contribution in [0.4, 0.5) is 28.9 Å². The summed E-state index contributed by atoms with van der Waals surface area (Å²) < 4.78 is 62.2. The van der Waals surface area contributed by atoms with E-state index in [1.165, 1.54) is 54.1 Å². The molecule has 1 N–H and O–H groups in total. The number of piperidine rings is 1. The molecule has 1 atom stereocenters. The van der Waals surface area contributed by atoms with E-state index in [9.17, 15) is 46.7 Å². The number of pyridine rings is 1. The van der Waals surface area contributed by atoms with Crippen molar-refractivity contribution in [2.45, 2.75) is 63.7 Å². The van der Waals surface area contributed by atoms with Gasteiger partial charge >= 0.3 is 6.18 Å². The lowest BCUT2D eigenvalue weighted by atomic mass is 10.0. The van der Waals surface area contributed by atoms with Gasteiger partial charge in [0.15, 0.2) is 17.5 Å². The van der Waals surface area contributed by atoms with Crippen LogP contribution in [0.15, 0.2) is 48.7 Å². The molecule has 322 valence electrons. The zero-order chi connectivity index (χ0) is 44.8. The summed E-state index contributed by atoms with van der Waals surface area (Å²) in [5.41, 5.74) is -4.10. The predicted molar refractivity (Wildman–Crippen MR) is 212 cm³/mol. The number of ether oxygens (including phenoxy) is 1. The van der Waals surface area contributed by atoms with Crippen LogP contribution in [-0.4, -0.2) is 111 Å². The highest BCUT2D eigenvalue weighted by Crippen LogP contribution is 2.42. The van der Waals surface area contributed by atoms with Gasteiger partial charge in [-0.2, -0.15) is 18.4 Å². The molecule has 0 spiro atoms. The standard InChI is InChI=1S/C41H36F4N8O8S/c1-40(2)38(60)52(26-12-9-22(19-46)33(34(26)42)41(43,44)45)39(62)53(40)24-11-10-23(47-20-24)5-3-8-30(55)49-15-17-50(18-16-49)31(56)21-61-28-7-4-6-25-32(28)37(59)51(36(25)58)27-13-14-29(54)48-35(27)57/h4,6-7,9-12,20,27H,3,5,8,13-18,21H2,1-2H3,(H,48,54,57). The zero-order valence-electron chi connectivity index (χ0n) is 33.1. The number of carbonyl (C=O) groups is 7. The molecule has 0 bridgehead atoms. The Bertz CT molecular complexity index is 2480. The quantitative estimate of drug-likeness (QED) is 0.177. The number of alkyl halides is 3. The first kappa shape index (κ1) is 43.3. The van der Waals surface area contributed by atoms with Crippen LogP contribution in [0.5, 0.6) is 5.75 Å². The van der Waals surface area contributed by atoms with E-state index in [2.05, 4.69) is 10.3 Å². The van der Waals surface area contributed by atoms with Crippen molar-refractivity contribution in [3.8, 4) is 11.8 Å². The van der Waals surface area contributed by atoms with Gasteiger partial charge < -0.3 is 19.4 Å². The second kappa shape index (κ2) is 16.6. The molecule has 3 fully saturated rings. The van der Waals surface area contributed by atoms with Crippen molar-refractivity contribution in [1.82, 2.24) is 25.0 Å². The molecule has 1 aromatic heterocycles. The summed E-state index contributed by atoms with van der Waals surface area (Å²) in [6, 6.07) is 9.45. The van der Waals surface area contributed by atoms with E-state index in [1.54, 1.807) is 17.0 Å². The normalized spacial score (nSPS) is 18.9. The second-order valence-electron chi connectivity index (χ2n) is 15.3. The third-order valence-electron chi connectivity index (χ3n) is 11.1. The van der Waals surface area contributed by atoms with E-state index in [4.69, 9.17) is 22.2 Å². The minimum atomic E-state index is -5.21. The van der Waals surface area contributed by atoms with Crippen molar-refractivity contribution in [2.75, 3.05) is 42.6 Å². The number of benzene rings is 2. The largest absolute Gasteiger partial charge is 0.483 e. The molecule has 3 aromatic rings. The second-order valence-corrected chi connectivity index (χ2v) is 15.7. The maximum atomic E-state index is 15.4. The number of anilines is 2. The van der Waals surface area contributed by atoms with Crippen LogP contribution >= 0.6 is 12.2 Å². The summed E-state index contributed by atoms with van der Waals surface area (Å²) in [5.74, 6) is -5.87. The fraction of sp³-hybridized carbons (Fsp3) is 0.366. The summed E-state index contributed by atoms with van der Waals surface area (Å²) in [6.45, 7) is 3.46. The molecule has 4 aliphatic rings. The maximum absolute atomic E-state index is 15.4. The molecule has 0 aliphatic carbocycles. The molecule has 2 aromatic carbocycles. The Morgan fingerprint density at radius 3 is 2.31 bits per heavy atom. The van der Waals surface area contributed by atoms with Crippen molar-refractivity contribution in [3.63, 3.8) is 0 Å². The number of aryl methyl sites for hydroxylation is 1. The van der Waals surface area contributed by atoms with Gasteiger partial charge in [0.05, 0.1) is 40.3 Å². The number of nitrogens with one attached hydrogen (secondary N) is 1. The van der Waals surface area contributed by atoms with E-state index in [0.717, 1.165) is 17.0 Å². The molecular formula is C41H36F4N8O8S. The number of hydrogen-bond acceptors (Lipinski definition) is 11.